The van der Waals surface area contributed by atoms with Gasteiger partial charge in [0, 0.05) is 0 Å². The van der Waals surface area contributed by atoms with E-state index in [4.69, 9.17) is 11.6 Å². The van der Waals surface area contributed by atoms with Gasteiger partial charge in [-0.15, -0.1) is 0 Å². The highest BCUT2D eigenvalue weighted by molar-refractivity contribution is 7.89. The smallest absolute Gasteiger partial charge is 0.207 e. The lowest BCUT2D eigenvalue weighted by Crippen LogP contribution is -2.49. The Hall–Kier alpha value is -1.09. The molecule has 1 saturated carbocycles. The van der Waals surface area contributed by atoms with Gasteiger partial charge in [-0.05, 0) is 43.7 Å². The fourth-order valence-electron chi connectivity index (χ4n) is 2.79. The molecule has 1 aliphatic carbocycles. The minimum absolute atomic E-state index is 0.0268. The van der Waals surface area contributed by atoms with Crippen LogP contribution in [0, 0.1) is 17.2 Å². The summed E-state index contributed by atoms with van der Waals surface area (Å²) in [6, 6.07) is 8.45. The Balaban J connectivity index is 2.23. The number of hydrogen-bond acceptors (Lipinski definition) is 3. The molecule has 1 fully saturated rings. The van der Waals surface area contributed by atoms with Crippen LogP contribution in [0.2, 0.25) is 5.02 Å². The van der Waals surface area contributed by atoms with Crippen LogP contribution in [0.25, 0.3) is 0 Å². The van der Waals surface area contributed by atoms with E-state index in [1.165, 1.54) is 12.1 Å². The van der Waals surface area contributed by atoms with Gasteiger partial charge in [0.1, 0.15) is 10.4 Å². The van der Waals surface area contributed by atoms with E-state index < -0.39 is 15.6 Å². The summed E-state index contributed by atoms with van der Waals surface area (Å²) in [4.78, 5) is 0.0268. The van der Waals surface area contributed by atoms with Crippen LogP contribution in [0.4, 0.5) is 0 Å². The maximum absolute atomic E-state index is 12.5. The van der Waals surface area contributed by atoms with Gasteiger partial charge < -0.3 is 0 Å². The number of nitrogens with zero attached hydrogens (tertiary/aromatic N) is 1. The first-order valence-corrected chi connectivity index (χ1v) is 8.98. The van der Waals surface area contributed by atoms with E-state index in [2.05, 4.69) is 17.7 Å². The average molecular weight is 327 g/mol. The molecule has 0 saturated heterocycles. The molecule has 21 heavy (non-hydrogen) atoms. The van der Waals surface area contributed by atoms with Gasteiger partial charge in [0.2, 0.25) is 10.0 Å². The summed E-state index contributed by atoms with van der Waals surface area (Å²) >= 11 is 5.96. The van der Waals surface area contributed by atoms with Gasteiger partial charge in [0.05, 0.1) is 11.1 Å². The second kappa shape index (κ2) is 6.35. The molecule has 0 aromatic heterocycles. The first-order valence-electron chi connectivity index (χ1n) is 7.12. The number of rotatable bonds is 4. The van der Waals surface area contributed by atoms with Crippen molar-refractivity contribution >= 4 is 21.6 Å². The minimum atomic E-state index is -3.79. The number of sulfonamides is 1. The zero-order chi connectivity index (χ0) is 15.5. The third kappa shape index (κ3) is 3.57. The van der Waals surface area contributed by atoms with Gasteiger partial charge in [0.15, 0.2) is 0 Å². The lowest BCUT2D eigenvalue weighted by Gasteiger charge is -2.35. The maximum atomic E-state index is 12.5. The SMILES string of the molecule is CCC1CCC(C#N)(NS(=O)(=O)c2ccccc2Cl)CC1. The minimum Gasteiger partial charge on any atom is -0.207 e. The van der Waals surface area contributed by atoms with Gasteiger partial charge in [-0.3, -0.25) is 0 Å². The van der Waals surface area contributed by atoms with Crippen molar-refractivity contribution in [2.24, 2.45) is 5.92 Å². The van der Waals surface area contributed by atoms with E-state index in [9.17, 15) is 13.7 Å². The van der Waals surface area contributed by atoms with E-state index in [1.807, 2.05) is 0 Å². The molecule has 0 atom stereocenters. The van der Waals surface area contributed by atoms with Crippen LogP contribution in [0.5, 0.6) is 0 Å². The van der Waals surface area contributed by atoms with E-state index >= 15 is 0 Å². The average Bonchev–Trinajstić information content (AvgIpc) is 2.48. The van der Waals surface area contributed by atoms with Crippen molar-refractivity contribution in [3.63, 3.8) is 0 Å². The van der Waals surface area contributed by atoms with Crippen molar-refractivity contribution in [2.45, 2.75) is 49.5 Å². The van der Waals surface area contributed by atoms with E-state index in [0.29, 0.717) is 18.8 Å². The molecule has 0 heterocycles. The monoisotopic (exact) mass is 326 g/mol. The molecule has 4 nitrogen and oxygen atoms in total. The molecule has 1 aliphatic rings. The highest BCUT2D eigenvalue weighted by Crippen LogP contribution is 2.35. The van der Waals surface area contributed by atoms with Crippen LogP contribution in [0.1, 0.15) is 39.0 Å². The molecule has 1 aromatic carbocycles. The van der Waals surface area contributed by atoms with E-state index in [1.54, 1.807) is 12.1 Å². The first kappa shape index (κ1) is 16.3. The molecule has 0 amide bonds. The second-order valence-electron chi connectivity index (χ2n) is 5.58. The Labute approximate surface area is 131 Å². The topological polar surface area (TPSA) is 70.0 Å². The maximum Gasteiger partial charge on any atom is 0.243 e. The van der Waals surface area contributed by atoms with Crippen LogP contribution in [0.15, 0.2) is 29.2 Å². The Bertz CT molecular complexity index is 644. The number of benzene rings is 1. The van der Waals surface area contributed by atoms with E-state index in [-0.39, 0.29) is 9.92 Å². The molecule has 0 bridgehead atoms. The summed E-state index contributed by atoms with van der Waals surface area (Å²) in [6.07, 6.45) is 3.90. The normalized spacial score (nSPS) is 26.2. The fourth-order valence-corrected chi connectivity index (χ4v) is 4.69. The molecule has 2 rings (SSSR count). The molecule has 114 valence electrons. The summed E-state index contributed by atoms with van der Waals surface area (Å²) in [5.41, 5.74) is -1.01. The highest BCUT2D eigenvalue weighted by Gasteiger charge is 2.39. The lowest BCUT2D eigenvalue weighted by molar-refractivity contribution is 0.259. The third-order valence-electron chi connectivity index (χ3n) is 4.21. The zero-order valence-corrected chi connectivity index (χ0v) is 13.5. The van der Waals surface area contributed by atoms with Crippen molar-refractivity contribution in [3.8, 4) is 6.07 Å². The second-order valence-corrected chi connectivity index (χ2v) is 7.64. The Morgan fingerprint density at radius 1 is 1.38 bits per heavy atom. The first-order chi connectivity index (χ1) is 9.92. The van der Waals surface area contributed by atoms with Crippen LogP contribution in [-0.4, -0.2) is 14.0 Å². The number of hydrogen-bond donors (Lipinski definition) is 1. The van der Waals surface area contributed by atoms with Crippen LogP contribution in [0.3, 0.4) is 0 Å². The summed E-state index contributed by atoms with van der Waals surface area (Å²) < 4.78 is 27.6. The molecular formula is C15H19ClN2O2S. The van der Waals surface area contributed by atoms with E-state index in [0.717, 1.165) is 19.3 Å². The number of nitriles is 1. The molecule has 0 radical (unpaired) electrons. The molecule has 1 aromatic rings. The van der Waals surface area contributed by atoms with Crippen molar-refractivity contribution in [1.82, 2.24) is 4.72 Å². The van der Waals surface area contributed by atoms with Gasteiger partial charge >= 0.3 is 0 Å². The zero-order valence-electron chi connectivity index (χ0n) is 12.0. The predicted molar refractivity (Wildman–Crippen MR) is 82.4 cm³/mol. The van der Waals surface area contributed by atoms with Crippen LogP contribution in [-0.2, 0) is 10.0 Å². The fraction of sp³-hybridized carbons (Fsp3) is 0.533. The number of halogens is 1. The van der Waals surface area contributed by atoms with Crippen molar-refractivity contribution < 1.29 is 8.42 Å². The Kier molecular flexibility index (Phi) is 4.92. The van der Waals surface area contributed by atoms with Gasteiger partial charge in [-0.2, -0.15) is 9.98 Å². The lowest BCUT2D eigenvalue weighted by atomic mass is 9.77. The van der Waals surface area contributed by atoms with Gasteiger partial charge in [-0.25, -0.2) is 8.42 Å². The summed E-state index contributed by atoms with van der Waals surface area (Å²) in [6.45, 7) is 2.12. The van der Waals surface area contributed by atoms with Crippen molar-refractivity contribution in [1.29, 1.82) is 5.26 Å². The Morgan fingerprint density at radius 2 is 2.00 bits per heavy atom. The standard InChI is InChI=1S/C15H19ClN2O2S/c1-2-12-7-9-15(11-17,10-8-12)18-21(19,20)14-6-4-3-5-13(14)16/h3-6,12,18H,2,7-10H2,1H3. The molecule has 1 N–H and O–H groups in total. The molecule has 0 spiro atoms. The number of nitrogens with one attached hydrogen (secondary N) is 1. The van der Waals surface area contributed by atoms with Crippen LogP contribution >= 0.6 is 11.6 Å². The quantitative estimate of drug-likeness (QED) is 0.920. The van der Waals surface area contributed by atoms with Gasteiger partial charge in [0.25, 0.3) is 0 Å². The summed E-state index contributed by atoms with van der Waals surface area (Å²) in [5.74, 6) is 0.580. The largest absolute Gasteiger partial charge is 0.243 e. The van der Waals surface area contributed by atoms with Gasteiger partial charge in [-0.1, -0.05) is 37.1 Å². The molecule has 0 unspecified atom stereocenters. The molecular weight excluding hydrogens is 308 g/mol. The summed E-state index contributed by atoms with van der Waals surface area (Å²) in [7, 11) is -3.79. The third-order valence-corrected chi connectivity index (χ3v) is 6.24. The molecule has 6 heteroatoms. The predicted octanol–water partition coefficient (Wildman–Crippen LogP) is 3.48. The Morgan fingerprint density at radius 3 is 2.52 bits per heavy atom. The van der Waals surface area contributed by atoms with Crippen molar-refractivity contribution in [2.75, 3.05) is 0 Å². The van der Waals surface area contributed by atoms with Crippen LogP contribution < -0.4 is 4.72 Å². The molecule has 0 aliphatic heterocycles. The highest BCUT2D eigenvalue weighted by atomic mass is 35.5. The van der Waals surface area contributed by atoms with Crippen molar-refractivity contribution in [3.05, 3.63) is 29.3 Å². The summed E-state index contributed by atoms with van der Waals surface area (Å²) in [5, 5.41) is 9.64.